The molecule has 0 radical (unpaired) electrons. The summed E-state index contributed by atoms with van der Waals surface area (Å²) in [6, 6.07) is 6.85. The summed E-state index contributed by atoms with van der Waals surface area (Å²) >= 11 is 0. The van der Waals surface area contributed by atoms with Crippen molar-refractivity contribution in [2.75, 3.05) is 47.9 Å². The monoisotopic (exact) mass is 519 g/mol. The maximum absolute atomic E-state index is 12.5. The molecular weight excluding hydrogens is 474 g/mol. The highest BCUT2D eigenvalue weighted by atomic mass is 16.5. The van der Waals surface area contributed by atoms with Crippen molar-refractivity contribution in [2.24, 2.45) is 9.98 Å². The summed E-state index contributed by atoms with van der Waals surface area (Å²) in [5, 5.41) is 1.27. The molecule has 0 bridgehead atoms. The van der Waals surface area contributed by atoms with Crippen LogP contribution < -0.4 is 0 Å². The molecule has 1 aromatic carbocycles. The van der Waals surface area contributed by atoms with Crippen molar-refractivity contribution < 1.29 is 9.53 Å². The summed E-state index contributed by atoms with van der Waals surface area (Å²) in [4.78, 5) is 28.6. The van der Waals surface area contributed by atoms with Gasteiger partial charge in [-0.25, -0.2) is 4.99 Å². The zero-order chi connectivity index (χ0) is 27.8. The third kappa shape index (κ3) is 6.81. The Bertz CT molecular complexity index is 1220. The van der Waals surface area contributed by atoms with Gasteiger partial charge in [0.2, 0.25) is 5.91 Å². The summed E-state index contributed by atoms with van der Waals surface area (Å²) < 4.78 is 5.76. The first-order valence-corrected chi connectivity index (χ1v) is 13.7. The number of nitrogens with one attached hydrogen (secondary N) is 1. The normalized spacial score (nSPS) is 16.5. The molecular formula is C31H45N5O2. The van der Waals surface area contributed by atoms with Gasteiger partial charge >= 0.3 is 0 Å². The van der Waals surface area contributed by atoms with Crippen molar-refractivity contribution in [3.8, 4) is 0 Å². The lowest BCUT2D eigenvalue weighted by Gasteiger charge is -2.33. The van der Waals surface area contributed by atoms with Crippen LogP contribution in [0.15, 0.2) is 46.1 Å². The van der Waals surface area contributed by atoms with E-state index in [9.17, 15) is 4.79 Å². The molecule has 1 aliphatic heterocycles. The molecule has 1 amide bonds. The van der Waals surface area contributed by atoms with Crippen molar-refractivity contribution in [3.05, 3.63) is 52.9 Å². The van der Waals surface area contributed by atoms with Gasteiger partial charge in [0.05, 0.1) is 19.4 Å². The molecule has 7 nitrogen and oxygen atoms in total. The zero-order valence-electron chi connectivity index (χ0n) is 24.5. The number of carbonyl (C=O) groups excluding carboxylic acids is 1. The van der Waals surface area contributed by atoms with E-state index >= 15 is 0 Å². The van der Waals surface area contributed by atoms with Crippen molar-refractivity contribution >= 4 is 34.4 Å². The number of likely N-dealkylation sites (N-methyl/N-ethyl adjacent to an activating group) is 1. The number of aliphatic imine (C=N–C) groups is 2. The number of H-pyrrole nitrogens is 1. The molecule has 206 valence electrons. The van der Waals surface area contributed by atoms with E-state index in [0.717, 1.165) is 60.6 Å². The van der Waals surface area contributed by atoms with Gasteiger partial charge in [0.1, 0.15) is 12.1 Å². The third-order valence-electron chi connectivity index (χ3n) is 7.27. The number of hydrogen-bond acceptors (Lipinski definition) is 4. The van der Waals surface area contributed by atoms with E-state index in [1.54, 1.807) is 20.5 Å². The number of hydrogen-bond donors (Lipinski definition) is 1. The molecule has 0 saturated carbocycles. The molecule has 1 N–H and O–H groups in total. The van der Waals surface area contributed by atoms with Crippen LogP contribution in [0.3, 0.4) is 0 Å². The topological polar surface area (TPSA) is 73.3 Å². The van der Waals surface area contributed by atoms with Gasteiger partial charge in [-0.2, -0.15) is 0 Å². The first-order chi connectivity index (χ1) is 18.2. The van der Waals surface area contributed by atoms with Crippen LogP contribution in [-0.2, 0) is 9.53 Å². The minimum Gasteiger partial charge on any atom is -0.495 e. The molecule has 0 aliphatic carbocycles. The number of allylic oxidation sites excluding steroid dienone is 4. The highest BCUT2D eigenvalue weighted by Crippen LogP contribution is 2.37. The minimum atomic E-state index is 0.224. The Labute approximate surface area is 228 Å². The molecule has 38 heavy (non-hydrogen) atoms. The fourth-order valence-corrected chi connectivity index (χ4v) is 5.30. The Kier molecular flexibility index (Phi) is 10.5. The standard InChI is InChI=1S/C31H45N5O2/c1-9-22(18-28(38-8)26(10-2)33-20-32-5)31-30(21(3)4)25-17-24(11-12-27(25)34-31)23-13-15-36(16-14-23)29(37)19-35(6)7/h9,11-12,17-18,20-21,23,34H,10,13-16,19H2,1-8H3/b22-9+,28-18+,32-20?,33-26?. The second kappa shape index (κ2) is 13.6. The Morgan fingerprint density at radius 1 is 1.26 bits per heavy atom. The second-order valence-corrected chi connectivity index (χ2v) is 10.5. The van der Waals surface area contributed by atoms with Crippen LogP contribution in [0.1, 0.15) is 75.6 Å². The summed E-state index contributed by atoms with van der Waals surface area (Å²) in [6.07, 6.45) is 8.50. The van der Waals surface area contributed by atoms with Crippen LogP contribution in [0, 0.1) is 0 Å². The summed E-state index contributed by atoms with van der Waals surface area (Å²) in [7, 11) is 7.29. The number of aromatic nitrogens is 1. The predicted octanol–water partition coefficient (Wildman–Crippen LogP) is 6.00. The van der Waals surface area contributed by atoms with Gasteiger partial charge in [0.15, 0.2) is 0 Å². The van der Waals surface area contributed by atoms with E-state index in [0.29, 0.717) is 18.4 Å². The SMILES string of the molecule is C/C=C(\C=C(\OC)C(CC)=NC=NC)c1[nH]c2ccc(C3CCN(C(=O)CN(C)C)CC3)cc2c1C(C)C. The molecule has 1 saturated heterocycles. The molecule has 7 heteroatoms. The Balaban J connectivity index is 1.95. The van der Waals surface area contributed by atoms with Gasteiger partial charge in [0, 0.05) is 36.7 Å². The summed E-state index contributed by atoms with van der Waals surface area (Å²) in [6.45, 7) is 10.7. The number of fused-ring (bicyclic) bond motifs is 1. The largest absolute Gasteiger partial charge is 0.495 e. The van der Waals surface area contributed by atoms with E-state index in [4.69, 9.17) is 4.74 Å². The fourth-order valence-electron chi connectivity index (χ4n) is 5.30. The number of rotatable bonds is 10. The van der Waals surface area contributed by atoms with E-state index in [-0.39, 0.29) is 5.91 Å². The molecule has 0 spiro atoms. The first kappa shape index (κ1) is 29.4. The van der Waals surface area contributed by atoms with E-state index in [1.807, 2.05) is 23.9 Å². The fraction of sp³-hybridized carbons (Fsp3) is 0.516. The number of amides is 1. The van der Waals surface area contributed by atoms with E-state index in [2.05, 4.69) is 73.0 Å². The maximum atomic E-state index is 12.5. The van der Waals surface area contributed by atoms with E-state index in [1.165, 1.54) is 16.5 Å². The molecule has 0 unspecified atom stereocenters. The van der Waals surface area contributed by atoms with Gasteiger partial charge in [-0.1, -0.05) is 32.9 Å². The zero-order valence-corrected chi connectivity index (χ0v) is 24.5. The van der Waals surface area contributed by atoms with Gasteiger partial charge in [-0.3, -0.25) is 9.79 Å². The van der Waals surface area contributed by atoms with Crippen LogP contribution in [-0.4, -0.2) is 80.6 Å². The van der Waals surface area contributed by atoms with Crippen molar-refractivity contribution in [2.45, 2.75) is 58.8 Å². The van der Waals surface area contributed by atoms with Gasteiger partial charge < -0.3 is 19.5 Å². The number of aromatic amines is 1. The number of methoxy groups -OCH3 is 1. The van der Waals surface area contributed by atoms with Crippen LogP contribution >= 0.6 is 0 Å². The molecule has 0 atom stereocenters. The third-order valence-corrected chi connectivity index (χ3v) is 7.27. The van der Waals surface area contributed by atoms with Gasteiger partial charge in [0.25, 0.3) is 0 Å². The van der Waals surface area contributed by atoms with Gasteiger partial charge in [-0.05, 0) is 87.0 Å². The Morgan fingerprint density at radius 2 is 1.97 bits per heavy atom. The van der Waals surface area contributed by atoms with Crippen LogP contribution in [0.25, 0.3) is 16.5 Å². The van der Waals surface area contributed by atoms with E-state index < -0.39 is 0 Å². The van der Waals surface area contributed by atoms with Crippen molar-refractivity contribution in [1.82, 2.24) is 14.8 Å². The Hall–Kier alpha value is -3.19. The van der Waals surface area contributed by atoms with Crippen LogP contribution in [0.5, 0.6) is 0 Å². The highest BCUT2D eigenvalue weighted by Gasteiger charge is 2.25. The number of benzene rings is 1. The lowest BCUT2D eigenvalue weighted by Crippen LogP contribution is -2.42. The van der Waals surface area contributed by atoms with Crippen LogP contribution in [0.2, 0.25) is 0 Å². The predicted molar refractivity (Wildman–Crippen MR) is 160 cm³/mol. The Morgan fingerprint density at radius 3 is 2.53 bits per heavy atom. The molecule has 1 fully saturated rings. The smallest absolute Gasteiger partial charge is 0.236 e. The molecule has 2 aromatic rings. The average molecular weight is 520 g/mol. The lowest BCUT2D eigenvalue weighted by molar-refractivity contribution is -0.132. The average Bonchev–Trinajstić information content (AvgIpc) is 3.29. The summed E-state index contributed by atoms with van der Waals surface area (Å²) in [5.74, 6) is 1.76. The summed E-state index contributed by atoms with van der Waals surface area (Å²) in [5.41, 5.74) is 6.86. The molecule has 3 rings (SSSR count). The van der Waals surface area contributed by atoms with Crippen molar-refractivity contribution in [1.29, 1.82) is 0 Å². The second-order valence-electron chi connectivity index (χ2n) is 10.5. The highest BCUT2D eigenvalue weighted by molar-refractivity contribution is 6.04. The molecule has 1 aromatic heterocycles. The minimum absolute atomic E-state index is 0.224. The number of carbonyl (C=O) groups is 1. The molecule has 2 heterocycles. The maximum Gasteiger partial charge on any atom is 0.236 e. The van der Waals surface area contributed by atoms with Crippen LogP contribution in [0.4, 0.5) is 0 Å². The number of likely N-dealkylation sites (tertiary alicyclic amines) is 1. The van der Waals surface area contributed by atoms with Crippen molar-refractivity contribution in [3.63, 3.8) is 0 Å². The number of nitrogens with zero attached hydrogens (tertiary/aromatic N) is 4. The first-order valence-electron chi connectivity index (χ1n) is 13.7. The lowest BCUT2D eigenvalue weighted by atomic mass is 9.87. The number of piperidine rings is 1. The quantitative estimate of drug-likeness (QED) is 0.181. The molecule has 1 aliphatic rings. The number of ether oxygens (including phenoxy) is 1. The van der Waals surface area contributed by atoms with Gasteiger partial charge in [-0.15, -0.1) is 0 Å².